The molecule has 5 heteroatoms. The van der Waals surface area contributed by atoms with Crippen LogP contribution in [-0.2, 0) is 0 Å². The molecule has 1 aromatic carbocycles. The Kier molecular flexibility index (Phi) is 4.41. The predicted octanol–water partition coefficient (Wildman–Crippen LogP) is 4.01. The van der Waals surface area contributed by atoms with Crippen molar-refractivity contribution in [2.24, 2.45) is 0 Å². The van der Waals surface area contributed by atoms with Gasteiger partial charge in [-0.1, -0.05) is 29.8 Å². The van der Waals surface area contributed by atoms with E-state index in [-0.39, 0.29) is 16.4 Å². The maximum absolute atomic E-state index is 12.9. The fraction of sp³-hybridized carbons (Fsp3) is 0.455. The Morgan fingerprint density at radius 1 is 1.56 bits per heavy atom. The highest BCUT2D eigenvalue weighted by molar-refractivity contribution is 9.09. The van der Waals surface area contributed by atoms with E-state index in [0.29, 0.717) is 5.56 Å². The minimum atomic E-state index is -0.578. The first-order valence-electron chi connectivity index (χ1n) is 5.05. The molecule has 88 valence electrons. The van der Waals surface area contributed by atoms with Crippen molar-refractivity contribution in [3.05, 3.63) is 39.7 Å². The Hall–Kier alpha value is -0.970. The van der Waals surface area contributed by atoms with Crippen LogP contribution in [0.25, 0.3) is 0 Å². The molecule has 0 N–H and O–H groups in total. The Morgan fingerprint density at radius 3 is 2.69 bits per heavy atom. The van der Waals surface area contributed by atoms with Crippen LogP contribution in [0.3, 0.4) is 0 Å². The van der Waals surface area contributed by atoms with Crippen molar-refractivity contribution in [3.8, 4) is 0 Å². The van der Waals surface area contributed by atoms with E-state index in [1.807, 2.05) is 13.8 Å². The molecule has 0 bridgehead atoms. The van der Waals surface area contributed by atoms with Gasteiger partial charge in [0.15, 0.2) is 0 Å². The molecule has 0 spiro atoms. The van der Waals surface area contributed by atoms with Gasteiger partial charge in [-0.3, -0.25) is 10.1 Å². The van der Waals surface area contributed by atoms with Crippen LogP contribution in [-0.4, -0.2) is 9.75 Å². The number of hydrogen-bond acceptors (Lipinski definition) is 2. The number of hydrogen-bond donors (Lipinski definition) is 0. The molecule has 0 fully saturated rings. The summed E-state index contributed by atoms with van der Waals surface area (Å²) >= 11 is 3.46. The molecule has 16 heavy (non-hydrogen) atoms. The van der Waals surface area contributed by atoms with Gasteiger partial charge in [0.2, 0.25) is 0 Å². The summed E-state index contributed by atoms with van der Waals surface area (Å²) in [6.07, 6.45) is 0.857. The molecule has 0 aliphatic rings. The van der Waals surface area contributed by atoms with Gasteiger partial charge in [-0.25, -0.2) is 4.39 Å². The highest BCUT2D eigenvalue weighted by atomic mass is 79.9. The maximum atomic E-state index is 12.9. The fourth-order valence-electron chi connectivity index (χ4n) is 1.61. The average molecular weight is 290 g/mol. The van der Waals surface area contributed by atoms with Gasteiger partial charge in [-0.2, -0.15) is 0 Å². The van der Waals surface area contributed by atoms with Gasteiger partial charge < -0.3 is 0 Å². The fourth-order valence-corrected chi connectivity index (χ4v) is 1.89. The monoisotopic (exact) mass is 289 g/mol. The van der Waals surface area contributed by atoms with Gasteiger partial charge in [-0.15, -0.1) is 0 Å². The SMILES string of the molecule is CCC(Br)C(C)c1ccc(F)cc1[N+](=O)[O-]. The largest absolute Gasteiger partial charge is 0.275 e. The topological polar surface area (TPSA) is 43.1 Å². The van der Waals surface area contributed by atoms with Crippen molar-refractivity contribution in [2.75, 3.05) is 0 Å². The molecule has 1 aromatic rings. The summed E-state index contributed by atoms with van der Waals surface area (Å²) < 4.78 is 12.9. The lowest BCUT2D eigenvalue weighted by molar-refractivity contribution is -0.385. The standard InChI is InChI=1S/C11H13BrFNO2/c1-3-10(12)7(2)9-5-4-8(13)6-11(9)14(15)16/h4-7,10H,3H2,1-2H3. The summed E-state index contributed by atoms with van der Waals surface area (Å²) in [6, 6.07) is 3.72. The lowest BCUT2D eigenvalue weighted by Gasteiger charge is -2.16. The van der Waals surface area contributed by atoms with Gasteiger partial charge in [0.25, 0.3) is 5.69 Å². The van der Waals surface area contributed by atoms with Crippen molar-refractivity contribution in [1.29, 1.82) is 0 Å². The Labute approximate surface area is 102 Å². The second-order valence-corrected chi connectivity index (χ2v) is 4.85. The lowest BCUT2D eigenvalue weighted by Crippen LogP contribution is -2.10. The normalized spacial score (nSPS) is 14.5. The molecule has 0 aromatic heterocycles. The third kappa shape index (κ3) is 2.78. The molecule has 2 unspecified atom stereocenters. The first-order valence-corrected chi connectivity index (χ1v) is 5.96. The second-order valence-electron chi connectivity index (χ2n) is 3.67. The van der Waals surface area contributed by atoms with Gasteiger partial charge >= 0.3 is 0 Å². The molecular formula is C11H13BrFNO2. The molecule has 0 radical (unpaired) electrons. The van der Waals surface area contributed by atoms with Crippen LogP contribution >= 0.6 is 15.9 Å². The van der Waals surface area contributed by atoms with Crippen molar-refractivity contribution in [3.63, 3.8) is 0 Å². The van der Waals surface area contributed by atoms with Crippen LogP contribution in [0.2, 0.25) is 0 Å². The van der Waals surface area contributed by atoms with Crippen LogP contribution in [0.5, 0.6) is 0 Å². The Balaban J connectivity index is 3.17. The second kappa shape index (κ2) is 5.39. The predicted molar refractivity (Wildman–Crippen MR) is 64.5 cm³/mol. The van der Waals surface area contributed by atoms with Crippen molar-refractivity contribution >= 4 is 21.6 Å². The summed E-state index contributed by atoms with van der Waals surface area (Å²) in [5, 5.41) is 10.8. The molecule has 0 saturated carbocycles. The van der Waals surface area contributed by atoms with E-state index < -0.39 is 10.7 Å². The number of nitro benzene ring substituents is 1. The van der Waals surface area contributed by atoms with E-state index in [0.717, 1.165) is 12.5 Å². The molecule has 0 saturated heterocycles. The van der Waals surface area contributed by atoms with Crippen molar-refractivity contribution in [1.82, 2.24) is 0 Å². The van der Waals surface area contributed by atoms with Crippen LogP contribution in [0, 0.1) is 15.9 Å². The summed E-state index contributed by atoms with van der Waals surface area (Å²) in [5.41, 5.74) is 0.417. The smallest absolute Gasteiger partial charge is 0.258 e. The van der Waals surface area contributed by atoms with Crippen LogP contribution in [0.1, 0.15) is 31.7 Å². The molecular weight excluding hydrogens is 277 g/mol. The van der Waals surface area contributed by atoms with Crippen LogP contribution < -0.4 is 0 Å². The van der Waals surface area contributed by atoms with Crippen LogP contribution in [0.15, 0.2) is 18.2 Å². The maximum Gasteiger partial charge on any atom is 0.275 e. The van der Waals surface area contributed by atoms with E-state index >= 15 is 0 Å². The molecule has 3 nitrogen and oxygen atoms in total. The van der Waals surface area contributed by atoms with E-state index in [1.165, 1.54) is 12.1 Å². The molecule has 1 rings (SSSR count). The Morgan fingerprint density at radius 2 is 2.19 bits per heavy atom. The van der Waals surface area contributed by atoms with Gasteiger partial charge in [0.05, 0.1) is 11.0 Å². The first kappa shape index (κ1) is 13.1. The lowest BCUT2D eigenvalue weighted by atomic mass is 9.95. The third-order valence-corrected chi connectivity index (χ3v) is 4.05. The van der Waals surface area contributed by atoms with Gasteiger partial charge in [-0.05, 0) is 18.6 Å². The first-order chi connectivity index (χ1) is 7.47. The number of nitrogens with zero attached hydrogens (tertiary/aromatic N) is 1. The molecule has 0 heterocycles. The number of benzene rings is 1. The minimum Gasteiger partial charge on any atom is -0.258 e. The third-order valence-electron chi connectivity index (χ3n) is 2.61. The van der Waals surface area contributed by atoms with E-state index in [1.54, 1.807) is 0 Å². The minimum absolute atomic E-state index is 0.0222. The van der Waals surface area contributed by atoms with Crippen molar-refractivity contribution in [2.45, 2.75) is 31.0 Å². The molecule has 0 amide bonds. The van der Waals surface area contributed by atoms with Crippen molar-refractivity contribution < 1.29 is 9.31 Å². The number of alkyl halides is 1. The zero-order valence-electron chi connectivity index (χ0n) is 9.11. The van der Waals surface area contributed by atoms with Crippen LogP contribution in [0.4, 0.5) is 10.1 Å². The molecule has 0 aliphatic heterocycles. The van der Waals surface area contributed by atoms with E-state index in [4.69, 9.17) is 0 Å². The number of rotatable bonds is 4. The van der Waals surface area contributed by atoms with E-state index in [9.17, 15) is 14.5 Å². The van der Waals surface area contributed by atoms with E-state index in [2.05, 4.69) is 15.9 Å². The zero-order valence-corrected chi connectivity index (χ0v) is 10.7. The van der Waals surface area contributed by atoms with Gasteiger partial charge in [0.1, 0.15) is 5.82 Å². The summed E-state index contributed by atoms with van der Waals surface area (Å²) in [4.78, 5) is 10.4. The number of nitro groups is 1. The highest BCUT2D eigenvalue weighted by Crippen LogP contribution is 2.33. The molecule has 2 atom stereocenters. The summed E-state index contributed by atoms with van der Waals surface area (Å²) in [5.74, 6) is -0.601. The highest BCUT2D eigenvalue weighted by Gasteiger charge is 2.23. The quantitative estimate of drug-likeness (QED) is 0.477. The Bertz CT molecular complexity index is 398. The zero-order chi connectivity index (χ0) is 12.3. The number of halogens is 2. The summed E-state index contributed by atoms with van der Waals surface area (Å²) in [7, 11) is 0. The molecule has 0 aliphatic carbocycles. The summed E-state index contributed by atoms with van der Waals surface area (Å²) in [6.45, 7) is 3.88. The van der Waals surface area contributed by atoms with Gasteiger partial charge in [0, 0.05) is 16.3 Å². The average Bonchev–Trinajstić information content (AvgIpc) is 2.26.